The summed E-state index contributed by atoms with van der Waals surface area (Å²) in [5, 5.41) is 2.96. The van der Waals surface area contributed by atoms with Gasteiger partial charge in [0.15, 0.2) is 0 Å². The van der Waals surface area contributed by atoms with Crippen LogP contribution in [0.2, 0.25) is 0 Å². The Hall–Kier alpha value is -2.02. The monoisotopic (exact) mass is 331 g/mol. The number of nitrogens with one attached hydrogen (secondary N) is 1. The molecule has 1 N–H and O–H groups in total. The Morgan fingerprint density at radius 1 is 1.25 bits per heavy atom. The first-order chi connectivity index (χ1) is 11.7. The maximum Gasteiger partial charge on any atom is 0.274 e. The van der Waals surface area contributed by atoms with Crippen molar-refractivity contribution in [1.29, 1.82) is 0 Å². The van der Waals surface area contributed by atoms with E-state index in [4.69, 9.17) is 0 Å². The van der Waals surface area contributed by atoms with Gasteiger partial charge in [0.1, 0.15) is 5.69 Å². The summed E-state index contributed by atoms with van der Waals surface area (Å²) in [7, 11) is 0. The van der Waals surface area contributed by atoms with Crippen molar-refractivity contribution in [3.8, 4) is 0 Å². The van der Waals surface area contributed by atoms with Crippen molar-refractivity contribution in [2.75, 3.05) is 32.7 Å². The molecular weight excluding hydrogens is 306 g/mol. The van der Waals surface area contributed by atoms with Gasteiger partial charge in [-0.25, -0.2) is 4.98 Å². The average molecular weight is 331 g/mol. The van der Waals surface area contributed by atoms with E-state index in [0.29, 0.717) is 25.2 Å². The summed E-state index contributed by atoms with van der Waals surface area (Å²) in [5.41, 5.74) is 0.346. The molecule has 1 aromatic rings. The lowest BCUT2D eigenvalue weighted by Crippen LogP contribution is -2.38. The number of aromatic nitrogens is 2. The SMILES string of the molecule is O=C(CCN(C(=O)c1cnccn1)C1CC1)NCCN1CCCC1. The van der Waals surface area contributed by atoms with E-state index in [1.165, 1.54) is 25.2 Å². The lowest BCUT2D eigenvalue weighted by atomic mass is 10.3. The van der Waals surface area contributed by atoms with Crippen molar-refractivity contribution in [3.05, 3.63) is 24.3 Å². The fourth-order valence-corrected chi connectivity index (χ4v) is 3.06. The smallest absolute Gasteiger partial charge is 0.274 e. The topological polar surface area (TPSA) is 78.4 Å². The van der Waals surface area contributed by atoms with E-state index < -0.39 is 0 Å². The van der Waals surface area contributed by atoms with Crippen molar-refractivity contribution in [3.63, 3.8) is 0 Å². The van der Waals surface area contributed by atoms with Gasteiger partial charge < -0.3 is 15.1 Å². The molecule has 1 saturated heterocycles. The van der Waals surface area contributed by atoms with Crippen LogP contribution in [0, 0.1) is 0 Å². The van der Waals surface area contributed by atoms with Crippen LogP contribution in [-0.2, 0) is 4.79 Å². The van der Waals surface area contributed by atoms with E-state index in [2.05, 4.69) is 20.2 Å². The van der Waals surface area contributed by atoms with Crippen LogP contribution in [0.5, 0.6) is 0 Å². The van der Waals surface area contributed by atoms with Crippen molar-refractivity contribution in [1.82, 2.24) is 25.1 Å². The minimum Gasteiger partial charge on any atom is -0.355 e. The van der Waals surface area contributed by atoms with E-state index in [9.17, 15) is 9.59 Å². The minimum absolute atomic E-state index is 0.00629. The van der Waals surface area contributed by atoms with Crippen molar-refractivity contribution >= 4 is 11.8 Å². The van der Waals surface area contributed by atoms with Gasteiger partial charge in [-0.1, -0.05) is 0 Å². The molecule has 0 radical (unpaired) electrons. The fourth-order valence-electron chi connectivity index (χ4n) is 3.06. The second kappa shape index (κ2) is 8.19. The summed E-state index contributed by atoms with van der Waals surface area (Å²) in [4.78, 5) is 36.7. The molecule has 0 bridgehead atoms. The average Bonchev–Trinajstić information content (AvgIpc) is 3.31. The molecule has 2 fully saturated rings. The summed E-state index contributed by atoms with van der Waals surface area (Å²) >= 11 is 0. The molecule has 1 aliphatic carbocycles. The number of carbonyl (C=O) groups excluding carboxylic acids is 2. The molecular formula is C17H25N5O2. The molecule has 2 amide bonds. The highest BCUT2D eigenvalue weighted by Crippen LogP contribution is 2.28. The van der Waals surface area contributed by atoms with Crippen molar-refractivity contribution < 1.29 is 9.59 Å². The molecule has 0 aromatic carbocycles. The van der Waals surface area contributed by atoms with E-state index in [1.54, 1.807) is 11.1 Å². The molecule has 0 atom stereocenters. The van der Waals surface area contributed by atoms with Gasteiger partial charge >= 0.3 is 0 Å². The zero-order valence-electron chi connectivity index (χ0n) is 14.0. The predicted octanol–water partition coefficient (Wildman–Crippen LogP) is 0.683. The molecule has 3 rings (SSSR count). The Morgan fingerprint density at radius 2 is 2.04 bits per heavy atom. The normalized spacial score (nSPS) is 17.7. The first kappa shape index (κ1) is 16.8. The molecule has 0 spiro atoms. The zero-order chi connectivity index (χ0) is 16.8. The lowest BCUT2D eigenvalue weighted by Gasteiger charge is -2.21. The van der Waals surface area contributed by atoms with Gasteiger partial charge in [0.05, 0.1) is 6.20 Å². The van der Waals surface area contributed by atoms with Crippen LogP contribution >= 0.6 is 0 Å². The van der Waals surface area contributed by atoms with Crippen LogP contribution in [0.25, 0.3) is 0 Å². The maximum atomic E-state index is 12.5. The summed E-state index contributed by atoms with van der Waals surface area (Å²) in [6.07, 6.45) is 9.40. The Balaban J connectivity index is 1.42. The van der Waals surface area contributed by atoms with Crippen LogP contribution in [0.4, 0.5) is 0 Å². The third kappa shape index (κ3) is 4.74. The molecule has 7 heteroatoms. The number of carbonyl (C=O) groups is 2. The fraction of sp³-hybridized carbons (Fsp3) is 0.647. The third-order valence-electron chi connectivity index (χ3n) is 4.56. The maximum absolute atomic E-state index is 12.5. The van der Waals surface area contributed by atoms with Gasteiger partial charge in [-0.05, 0) is 38.8 Å². The van der Waals surface area contributed by atoms with Crippen LogP contribution in [0.15, 0.2) is 18.6 Å². The van der Waals surface area contributed by atoms with Crippen molar-refractivity contribution in [2.24, 2.45) is 0 Å². The number of nitrogens with zero attached hydrogens (tertiary/aromatic N) is 4. The number of hydrogen-bond acceptors (Lipinski definition) is 5. The molecule has 2 heterocycles. The molecule has 1 aliphatic heterocycles. The number of hydrogen-bond donors (Lipinski definition) is 1. The minimum atomic E-state index is -0.129. The molecule has 7 nitrogen and oxygen atoms in total. The van der Waals surface area contributed by atoms with Crippen molar-refractivity contribution in [2.45, 2.75) is 38.1 Å². The highest BCUT2D eigenvalue weighted by molar-refractivity contribution is 5.92. The lowest BCUT2D eigenvalue weighted by molar-refractivity contribution is -0.121. The molecule has 1 saturated carbocycles. The molecule has 0 unspecified atom stereocenters. The standard InChI is InChI=1S/C17H25N5O2/c23-16(20-8-12-21-9-1-2-10-21)5-11-22(14-3-4-14)17(24)15-13-18-6-7-19-15/h6-7,13-14H,1-5,8-12H2,(H,20,23). The zero-order valence-corrected chi connectivity index (χ0v) is 14.0. The highest BCUT2D eigenvalue weighted by Gasteiger charge is 2.33. The second-order valence-corrected chi connectivity index (χ2v) is 6.47. The van der Waals surface area contributed by atoms with E-state index in [0.717, 1.165) is 32.5 Å². The van der Waals surface area contributed by atoms with Gasteiger partial charge in [-0.2, -0.15) is 0 Å². The summed E-state index contributed by atoms with van der Waals surface area (Å²) in [6, 6.07) is 0.247. The largest absolute Gasteiger partial charge is 0.355 e. The Morgan fingerprint density at radius 3 is 2.71 bits per heavy atom. The number of rotatable bonds is 8. The van der Waals surface area contributed by atoms with Crippen LogP contribution in [-0.4, -0.2) is 70.3 Å². The van der Waals surface area contributed by atoms with Crippen LogP contribution in [0.3, 0.4) is 0 Å². The molecule has 2 aliphatic rings. The van der Waals surface area contributed by atoms with Gasteiger partial charge in [0.25, 0.3) is 5.91 Å². The van der Waals surface area contributed by atoms with Gasteiger partial charge in [-0.3, -0.25) is 14.6 Å². The second-order valence-electron chi connectivity index (χ2n) is 6.47. The quantitative estimate of drug-likeness (QED) is 0.758. The molecule has 130 valence electrons. The number of likely N-dealkylation sites (tertiary alicyclic amines) is 1. The summed E-state index contributed by atoms with van der Waals surface area (Å²) in [5.74, 6) is -0.123. The van der Waals surface area contributed by atoms with Gasteiger partial charge in [0, 0.05) is 44.5 Å². The van der Waals surface area contributed by atoms with Crippen LogP contribution in [0.1, 0.15) is 42.6 Å². The Bertz CT molecular complexity index is 555. The van der Waals surface area contributed by atoms with Crippen LogP contribution < -0.4 is 5.32 Å². The highest BCUT2D eigenvalue weighted by atomic mass is 16.2. The summed E-state index contributed by atoms with van der Waals surface area (Å²) in [6.45, 7) is 4.31. The Labute approximate surface area is 142 Å². The predicted molar refractivity (Wildman–Crippen MR) is 89.4 cm³/mol. The first-order valence-electron chi connectivity index (χ1n) is 8.80. The Kier molecular flexibility index (Phi) is 5.74. The van der Waals surface area contributed by atoms with Gasteiger partial charge in [0.2, 0.25) is 5.91 Å². The molecule has 1 aromatic heterocycles. The summed E-state index contributed by atoms with van der Waals surface area (Å²) < 4.78 is 0. The van der Waals surface area contributed by atoms with E-state index >= 15 is 0 Å². The van der Waals surface area contributed by atoms with E-state index in [1.807, 2.05) is 0 Å². The molecule has 24 heavy (non-hydrogen) atoms. The first-order valence-corrected chi connectivity index (χ1v) is 8.80. The van der Waals surface area contributed by atoms with E-state index in [-0.39, 0.29) is 17.9 Å². The number of amides is 2. The third-order valence-corrected chi connectivity index (χ3v) is 4.56. The van der Waals surface area contributed by atoms with Gasteiger partial charge in [-0.15, -0.1) is 0 Å².